The van der Waals surface area contributed by atoms with E-state index >= 15 is 0 Å². The second kappa shape index (κ2) is 19.6. The standard InChI is InChI=1S/C90H50N4O2S2/c1-3-21-51(22-4-1)53-43-47-79-83(63-29-11-17-39-77(63)97-79)85(53)93(71-35-19-31-59-55-25-9-15-37-75(55)95-89(59)71)69-45-41-57-65-49-74-66(50-73(65)91-67-33-13-7-27-61(67)81(69)87(57)91)58-42-46-70(82-62-28-8-14-34-68(62)92(74)88(58)82)94(72-36-20-32-60-56-26-10-16-38-76(56)96-90(60)72)86-54(52-23-5-2-6-24-52)44-48-80-84(86)64-30-12-18-40-78(64)98-80/h1-50H. The topological polar surface area (TPSA) is 41.6 Å². The predicted octanol–water partition coefficient (Wildman–Crippen LogP) is 26.8. The van der Waals surface area contributed by atoms with Crippen molar-refractivity contribution in [2.45, 2.75) is 0 Å². The lowest BCUT2D eigenvalue weighted by Crippen LogP contribution is -2.12. The Labute approximate surface area is 566 Å². The minimum atomic E-state index is 0.843. The zero-order valence-electron chi connectivity index (χ0n) is 52.3. The van der Waals surface area contributed by atoms with E-state index in [0.717, 1.165) is 122 Å². The number of hydrogen-bond acceptors (Lipinski definition) is 6. The van der Waals surface area contributed by atoms with Crippen LogP contribution in [-0.2, 0) is 0 Å². The Balaban J connectivity index is 0.828. The average molecular weight is 1280 g/mol. The maximum Gasteiger partial charge on any atom is 0.159 e. The molecule has 454 valence electrons. The van der Waals surface area contributed by atoms with Crippen molar-refractivity contribution in [3.63, 3.8) is 0 Å². The van der Waals surface area contributed by atoms with Crippen LogP contribution in [0.1, 0.15) is 0 Å². The summed E-state index contributed by atoms with van der Waals surface area (Å²) >= 11 is 3.71. The number of hydrogen-bond donors (Lipinski definition) is 0. The molecule has 98 heavy (non-hydrogen) atoms. The van der Waals surface area contributed by atoms with E-state index < -0.39 is 0 Å². The first-order chi connectivity index (χ1) is 48.7. The van der Waals surface area contributed by atoms with Crippen LogP contribution in [-0.4, -0.2) is 8.80 Å². The summed E-state index contributed by atoms with van der Waals surface area (Å²) in [6.07, 6.45) is 0. The third-order valence-corrected chi connectivity index (χ3v) is 23.4. The van der Waals surface area contributed by atoms with Crippen molar-refractivity contribution in [3.05, 3.63) is 303 Å². The van der Waals surface area contributed by atoms with Crippen LogP contribution >= 0.6 is 22.7 Å². The zero-order chi connectivity index (χ0) is 63.6. The van der Waals surface area contributed by atoms with E-state index in [-0.39, 0.29) is 0 Å². The van der Waals surface area contributed by atoms with Crippen molar-refractivity contribution in [2.75, 3.05) is 9.80 Å². The highest BCUT2D eigenvalue weighted by Crippen LogP contribution is 2.58. The Hall–Kier alpha value is -12.5. The van der Waals surface area contributed by atoms with E-state index in [1.54, 1.807) is 0 Å². The molecule has 8 heterocycles. The molecule has 0 spiro atoms. The highest BCUT2D eigenvalue weighted by molar-refractivity contribution is 7.26. The van der Waals surface area contributed by atoms with Gasteiger partial charge in [0.05, 0.1) is 67.2 Å². The minimum Gasteiger partial charge on any atom is -0.454 e. The van der Waals surface area contributed by atoms with Gasteiger partial charge in [-0.2, -0.15) is 0 Å². The van der Waals surface area contributed by atoms with E-state index in [0.29, 0.717) is 0 Å². The molecule has 0 atom stereocenters. The first-order valence-electron chi connectivity index (χ1n) is 33.4. The fourth-order valence-electron chi connectivity index (χ4n) is 17.2. The number of furan rings is 2. The molecule has 8 heteroatoms. The summed E-state index contributed by atoms with van der Waals surface area (Å²) < 4.78 is 24.4. The van der Waals surface area contributed by atoms with Crippen molar-refractivity contribution in [1.82, 2.24) is 8.80 Å². The Morgan fingerprint density at radius 1 is 0.245 bits per heavy atom. The van der Waals surface area contributed by atoms with Crippen molar-refractivity contribution in [1.29, 1.82) is 0 Å². The highest BCUT2D eigenvalue weighted by atomic mass is 32.1. The summed E-state index contributed by atoms with van der Waals surface area (Å²) in [6, 6.07) is 112. The summed E-state index contributed by atoms with van der Waals surface area (Å²) in [5, 5.41) is 18.7. The third kappa shape index (κ3) is 6.98. The smallest absolute Gasteiger partial charge is 0.159 e. The van der Waals surface area contributed by atoms with Gasteiger partial charge in [0, 0.05) is 116 Å². The summed E-state index contributed by atoms with van der Waals surface area (Å²) in [5.74, 6) is 0. The number of nitrogens with zero attached hydrogens (tertiary/aromatic N) is 4. The van der Waals surface area contributed by atoms with Gasteiger partial charge in [-0.05, 0) is 96.1 Å². The lowest BCUT2D eigenvalue weighted by Gasteiger charge is -2.30. The average Bonchev–Trinajstić information content (AvgIpc) is 1.51. The molecule has 23 rings (SSSR count). The molecule has 0 unspecified atom stereocenters. The van der Waals surface area contributed by atoms with Gasteiger partial charge in [0.2, 0.25) is 0 Å². The van der Waals surface area contributed by atoms with E-state index in [4.69, 9.17) is 8.83 Å². The molecule has 0 amide bonds. The second-order valence-corrected chi connectivity index (χ2v) is 28.2. The van der Waals surface area contributed by atoms with Crippen LogP contribution in [0.4, 0.5) is 34.1 Å². The van der Waals surface area contributed by atoms with Crippen LogP contribution < -0.4 is 9.80 Å². The molecule has 0 N–H and O–H groups in total. The number of anilines is 6. The molecule has 0 bridgehead atoms. The molecule has 23 aromatic rings. The number of fused-ring (bicyclic) bond motifs is 24. The zero-order valence-corrected chi connectivity index (χ0v) is 53.9. The summed E-state index contributed by atoms with van der Waals surface area (Å²) in [6.45, 7) is 0. The minimum absolute atomic E-state index is 0.843. The van der Waals surface area contributed by atoms with E-state index in [9.17, 15) is 0 Å². The Morgan fingerprint density at radius 3 is 1.09 bits per heavy atom. The maximum absolute atomic E-state index is 7.14. The molecule has 0 aliphatic heterocycles. The number of aromatic nitrogens is 2. The van der Waals surface area contributed by atoms with Crippen LogP contribution in [0, 0.1) is 0 Å². The van der Waals surface area contributed by atoms with E-state index in [2.05, 4.69) is 322 Å². The van der Waals surface area contributed by atoms with Crippen LogP contribution in [0.15, 0.2) is 312 Å². The highest BCUT2D eigenvalue weighted by Gasteiger charge is 2.34. The normalized spacial score (nSPS) is 12.5. The SMILES string of the molecule is c1ccc(-c2ccc3sc4ccccc4c3c2N(c2cccc3c2oc2ccccc23)c2ccc3c4cc5c(cc4n4c6ccccc6c2c34)c2ccc(N(c3cccc4c3oc3ccccc34)c3c(-c4ccccc4)ccc4sc6ccccc6c34)c3c4ccccc4n5c23)cc1. The van der Waals surface area contributed by atoms with Crippen molar-refractivity contribution in [2.24, 2.45) is 0 Å². The van der Waals surface area contributed by atoms with E-state index in [1.807, 2.05) is 22.7 Å². The van der Waals surface area contributed by atoms with Gasteiger partial charge in [-0.15, -0.1) is 22.7 Å². The lowest BCUT2D eigenvalue weighted by molar-refractivity contribution is 0.669. The molecule has 0 saturated heterocycles. The van der Waals surface area contributed by atoms with Crippen molar-refractivity contribution in [3.8, 4) is 22.3 Å². The number of thiophene rings is 2. The summed E-state index contributed by atoms with van der Waals surface area (Å²) in [7, 11) is 0. The van der Waals surface area contributed by atoms with Gasteiger partial charge in [0.15, 0.2) is 11.2 Å². The molecule has 0 aliphatic carbocycles. The molecule has 0 saturated carbocycles. The number of para-hydroxylation sites is 6. The Bertz CT molecular complexity index is 6890. The third-order valence-electron chi connectivity index (χ3n) is 21.1. The van der Waals surface area contributed by atoms with Crippen LogP contribution in [0.5, 0.6) is 0 Å². The van der Waals surface area contributed by atoms with Gasteiger partial charge < -0.3 is 27.4 Å². The molecule has 8 aromatic heterocycles. The lowest BCUT2D eigenvalue weighted by atomic mass is 9.96. The summed E-state index contributed by atoms with van der Waals surface area (Å²) in [4.78, 5) is 5.12. The molecule has 0 aliphatic rings. The van der Waals surface area contributed by atoms with Gasteiger partial charge in [0.25, 0.3) is 0 Å². The second-order valence-electron chi connectivity index (χ2n) is 26.1. The number of rotatable bonds is 8. The van der Waals surface area contributed by atoms with Gasteiger partial charge >= 0.3 is 0 Å². The predicted molar refractivity (Wildman–Crippen MR) is 416 cm³/mol. The Morgan fingerprint density at radius 2 is 0.633 bits per heavy atom. The largest absolute Gasteiger partial charge is 0.454 e. The number of benzene rings is 15. The maximum atomic E-state index is 7.14. The molecular formula is C90H50N4O2S2. The van der Waals surface area contributed by atoms with Gasteiger partial charge in [-0.1, -0.05) is 218 Å². The van der Waals surface area contributed by atoms with Gasteiger partial charge in [-0.3, -0.25) is 0 Å². The van der Waals surface area contributed by atoms with Crippen molar-refractivity contribution < 1.29 is 8.83 Å². The Kier molecular flexibility index (Phi) is 10.6. The molecule has 0 fully saturated rings. The van der Waals surface area contributed by atoms with Crippen molar-refractivity contribution >= 4 is 217 Å². The van der Waals surface area contributed by atoms with Gasteiger partial charge in [-0.25, -0.2) is 0 Å². The quantitative estimate of drug-likeness (QED) is 0.152. The molecular weight excluding hydrogens is 1230 g/mol. The first-order valence-corrected chi connectivity index (χ1v) is 35.0. The molecule has 0 radical (unpaired) electrons. The fraction of sp³-hybridized carbons (Fsp3) is 0. The van der Waals surface area contributed by atoms with Crippen LogP contribution in [0.2, 0.25) is 0 Å². The van der Waals surface area contributed by atoms with Crippen LogP contribution in [0.25, 0.3) is 183 Å². The molecule has 6 nitrogen and oxygen atoms in total. The van der Waals surface area contributed by atoms with E-state index in [1.165, 1.54) is 94.5 Å². The molecule has 15 aromatic carbocycles. The summed E-state index contributed by atoms with van der Waals surface area (Å²) in [5.41, 5.74) is 21.3. The first kappa shape index (κ1) is 52.9. The monoisotopic (exact) mass is 1280 g/mol. The van der Waals surface area contributed by atoms with Gasteiger partial charge in [0.1, 0.15) is 11.2 Å². The fourth-order valence-corrected chi connectivity index (χ4v) is 19.4. The van der Waals surface area contributed by atoms with Crippen LogP contribution in [0.3, 0.4) is 0 Å².